The zero-order chi connectivity index (χ0) is 16.1. The minimum absolute atomic E-state index is 0.617. The molecular formula is C18H17BrN4. The fourth-order valence-electron chi connectivity index (χ4n) is 2.20. The molecule has 3 rings (SSSR count). The summed E-state index contributed by atoms with van der Waals surface area (Å²) in [5.41, 5.74) is 3.08. The summed E-state index contributed by atoms with van der Waals surface area (Å²) in [7, 11) is 0. The highest BCUT2D eigenvalue weighted by Gasteiger charge is 2.03. The van der Waals surface area contributed by atoms with Gasteiger partial charge >= 0.3 is 0 Å². The highest BCUT2D eigenvalue weighted by Crippen LogP contribution is 2.20. The summed E-state index contributed by atoms with van der Waals surface area (Å²) in [4.78, 5) is 8.96. The predicted molar refractivity (Wildman–Crippen MR) is 98.0 cm³/mol. The van der Waals surface area contributed by atoms with Gasteiger partial charge in [-0.15, -0.1) is 0 Å². The normalized spacial score (nSPS) is 10.3. The standard InChI is InChI=1S/C18H17BrN4/c1-13-10-17(22-16-9-5-8-15(19)11-16)23-18(21-13)20-12-14-6-3-2-4-7-14/h2-11H,12H2,1H3,(H2,20,21,22,23). The molecule has 0 aliphatic carbocycles. The van der Waals surface area contributed by atoms with Crippen molar-refractivity contribution in [2.24, 2.45) is 0 Å². The first-order chi connectivity index (χ1) is 11.2. The van der Waals surface area contributed by atoms with Crippen molar-refractivity contribution in [3.8, 4) is 0 Å². The van der Waals surface area contributed by atoms with Crippen LogP contribution in [0, 0.1) is 6.92 Å². The second kappa shape index (κ2) is 7.24. The summed E-state index contributed by atoms with van der Waals surface area (Å²) in [5.74, 6) is 1.39. The molecule has 0 aliphatic heterocycles. The van der Waals surface area contributed by atoms with Crippen LogP contribution >= 0.6 is 15.9 Å². The van der Waals surface area contributed by atoms with Gasteiger partial charge in [-0.2, -0.15) is 4.98 Å². The zero-order valence-electron chi connectivity index (χ0n) is 12.8. The van der Waals surface area contributed by atoms with Gasteiger partial charge in [0.2, 0.25) is 5.95 Å². The molecule has 3 aromatic rings. The first-order valence-electron chi connectivity index (χ1n) is 7.35. The number of aryl methyl sites for hydroxylation is 1. The van der Waals surface area contributed by atoms with Crippen LogP contribution in [0.25, 0.3) is 0 Å². The summed E-state index contributed by atoms with van der Waals surface area (Å²) in [6.07, 6.45) is 0. The molecule has 0 radical (unpaired) electrons. The Morgan fingerprint density at radius 1 is 0.957 bits per heavy atom. The highest BCUT2D eigenvalue weighted by molar-refractivity contribution is 9.10. The molecular weight excluding hydrogens is 352 g/mol. The molecule has 4 nitrogen and oxygen atoms in total. The van der Waals surface area contributed by atoms with Crippen LogP contribution in [0.15, 0.2) is 65.1 Å². The van der Waals surface area contributed by atoms with Crippen LogP contribution < -0.4 is 10.6 Å². The molecule has 1 heterocycles. The second-order valence-electron chi connectivity index (χ2n) is 5.19. The first-order valence-corrected chi connectivity index (χ1v) is 8.14. The molecule has 0 saturated heterocycles. The second-order valence-corrected chi connectivity index (χ2v) is 6.11. The number of halogens is 1. The molecule has 0 fully saturated rings. The molecule has 0 bridgehead atoms. The topological polar surface area (TPSA) is 49.8 Å². The van der Waals surface area contributed by atoms with Gasteiger partial charge in [-0.05, 0) is 30.7 Å². The SMILES string of the molecule is Cc1cc(Nc2cccc(Br)c2)nc(NCc2ccccc2)n1. The summed E-state index contributed by atoms with van der Waals surface area (Å²) in [5, 5.41) is 6.57. The molecule has 0 atom stereocenters. The minimum atomic E-state index is 0.617. The molecule has 116 valence electrons. The summed E-state index contributed by atoms with van der Waals surface area (Å²) >= 11 is 3.47. The van der Waals surface area contributed by atoms with E-state index in [0.29, 0.717) is 12.5 Å². The largest absolute Gasteiger partial charge is 0.350 e. The minimum Gasteiger partial charge on any atom is -0.350 e. The van der Waals surface area contributed by atoms with Crippen molar-refractivity contribution in [1.82, 2.24) is 9.97 Å². The van der Waals surface area contributed by atoms with E-state index in [1.165, 1.54) is 5.56 Å². The molecule has 0 saturated carbocycles. The number of hydrogen-bond donors (Lipinski definition) is 2. The maximum Gasteiger partial charge on any atom is 0.225 e. The van der Waals surface area contributed by atoms with Crippen molar-refractivity contribution >= 4 is 33.4 Å². The van der Waals surface area contributed by atoms with Gasteiger partial charge < -0.3 is 10.6 Å². The van der Waals surface area contributed by atoms with E-state index in [2.05, 4.69) is 48.7 Å². The van der Waals surface area contributed by atoms with E-state index in [9.17, 15) is 0 Å². The Morgan fingerprint density at radius 2 is 1.78 bits per heavy atom. The Morgan fingerprint density at radius 3 is 2.57 bits per heavy atom. The summed E-state index contributed by atoms with van der Waals surface area (Å²) < 4.78 is 1.02. The van der Waals surface area contributed by atoms with Crippen LogP contribution in [0.4, 0.5) is 17.5 Å². The zero-order valence-corrected chi connectivity index (χ0v) is 14.3. The van der Waals surface area contributed by atoms with E-state index >= 15 is 0 Å². The van der Waals surface area contributed by atoms with Crippen LogP contribution in [-0.4, -0.2) is 9.97 Å². The fourth-order valence-corrected chi connectivity index (χ4v) is 2.60. The third-order valence-electron chi connectivity index (χ3n) is 3.24. The Balaban J connectivity index is 1.73. The maximum absolute atomic E-state index is 4.52. The van der Waals surface area contributed by atoms with Gasteiger partial charge in [-0.3, -0.25) is 0 Å². The van der Waals surface area contributed by atoms with Gasteiger partial charge in [-0.25, -0.2) is 4.98 Å². The molecule has 23 heavy (non-hydrogen) atoms. The average molecular weight is 369 g/mol. The maximum atomic E-state index is 4.52. The Bertz CT molecular complexity index is 790. The molecule has 0 amide bonds. The molecule has 2 N–H and O–H groups in total. The monoisotopic (exact) mass is 368 g/mol. The third-order valence-corrected chi connectivity index (χ3v) is 3.74. The predicted octanol–water partition coefficient (Wildman–Crippen LogP) is 4.90. The van der Waals surface area contributed by atoms with Crippen molar-refractivity contribution in [1.29, 1.82) is 0 Å². The number of rotatable bonds is 5. The van der Waals surface area contributed by atoms with Gasteiger partial charge in [0.05, 0.1) is 0 Å². The molecule has 5 heteroatoms. The molecule has 2 aromatic carbocycles. The molecule has 1 aromatic heterocycles. The summed E-state index contributed by atoms with van der Waals surface area (Å²) in [6.45, 7) is 2.65. The van der Waals surface area contributed by atoms with Crippen LogP contribution in [0.2, 0.25) is 0 Å². The fraction of sp³-hybridized carbons (Fsp3) is 0.111. The number of anilines is 3. The van der Waals surface area contributed by atoms with Crippen molar-refractivity contribution < 1.29 is 0 Å². The lowest BCUT2D eigenvalue weighted by Crippen LogP contribution is -2.06. The van der Waals surface area contributed by atoms with Crippen molar-refractivity contribution in [2.75, 3.05) is 10.6 Å². The van der Waals surface area contributed by atoms with E-state index in [-0.39, 0.29) is 0 Å². The van der Waals surface area contributed by atoms with E-state index in [0.717, 1.165) is 21.7 Å². The van der Waals surface area contributed by atoms with Crippen LogP contribution in [-0.2, 0) is 6.54 Å². The van der Waals surface area contributed by atoms with Gasteiger partial charge in [0.25, 0.3) is 0 Å². The van der Waals surface area contributed by atoms with Crippen molar-refractivity contribution in [2.45, 2.75) is 13.5 Å². The van der Waals surface area contributed by atoms with Crippen LogP contribution in [0.1, 0.15) is 11.3 Å². The number of benzene rings is 2. The lowest BCUT2D eigenvalue weighted by molar-refractivity contribution is 1.03. The number of nitrogens with zero attached hydrogens (tertiary/aromatic N) is 2. The summed E-state index contributed by atoms with van der Waals surface area (Å²) in [6, 6.07) is 20.1. The molecule has 0 unspecified atom stereocenters. The van der Waals surface area contributed by atoms with Crippen LogP contribution in [0.3, 0.4) is 0 Å². The molecule has 0 aliphatic rings. The quantitative estimate of drug-likeness (QED) is 0.672. The van der Waals surface area contributed by atoms with Crippen molar-refractivity contribution in [3.63, 3.8) is 0 Å². The van der Waals surface area contributed by atoms with Gasteiger partial charge in [-0.1, -0.05) is 52.3 Å². The average Bonchev–Trinajstić information content (AvgIpc) is 2.53. The number of nitrogens with one attached hydrogen (secondary N) is 2. The highest BCUT2D eigenvalue weighted by atomic mass is 79.9. The van der Waals surface area contributed by atoms with E-state index in [1.54, 1.807) is 0 Å². The number of aromatic nitrogens is 2. The number of hydrogen-bond acceptors (Lipinski definition) is 4. The lowest BCUT2D eigenvalue weighted by atomic mass is 10.2. The Labute approximate surface area is 144 Å². The van der Waals surface area contributed by atoms with E-state index < -0.39 is 0 Å². The van der Waals surface area contributed by atoms with E-state index in [4.69, 9.17) is 0 Å². The van der Waals surface area contributed by atoms with E-state index in [1.807, 2.05) is 55.5 Å². The van der Waals surface area contributed by atoms with Crippen molar-refractivity contribution in [3.05, 3.63) is 76.4 Å². The molecule has 0 spiro atoms. The first kappa shape index (κ1) is 15.5. The van der Waals surface area contributed by atoms with Gasteiger partial charge in [0.1, 0.15) is 5.82 Å². The Kier molecular flexibility index (Phi) is 4.88. The third kappa shape index (κ3) is 4.53. The van der Waals surface area contributed by atoms with Gasteiger partial charge in [0.15, 0.2) is 0 Å². The van der Waals surface area contributed by atoms with Gasteiger partial charge in [0, 0.05) is 28.5 Å². The Hall–Kier alpha value is -2.40. The lowest BCUT2D eigenvalue weighted by Gasteiger charge is -2.10. The van der Waals surface area contributed by atoms with Crippen LogP contribution in [0.5, 0.6) is 0 Å². The smallest absolute Gasteiger partial charge is 0.225 e.